The second-order valence-electron chi connectivity index (χ2n) is 7.28. The molecule has 0 saturated carbocycles. The molecule has 1 aromatic heterocycles. The maximum atomic E-state index is 13.0. The molecular formula is C21H24F3N3O4. The number of carbonyl (C=O) groups excluding carboxylic acids is 1. The summed E-state index contributed by atoms with van der Waals surface area (Å²) >= 11 is 0. The lowest BCUT2D eigenvalue weighted by atomic mass is 10.2. The monoisotopic (exact) mass is 439 g/mol. The number of amides is 1. The number of benzene rings is 1. The minimum atomic E-state index is -4.52. The number of halogens is 3. The van der Waals surface area contributed by atoms with E-state index in [1.165, 1.54) is 25.1 Å². The van der Waals surface area contributed by atoms with Crippen LogP contribution in [0.2, 0.25) is 0 Å². The van der Waals surface area contributed by atoms with Crippen LogP contribution in [0.1, 0.15) is 41.0 Å². The van der Waals surface area contributed by atoms with Gasteiger partial charge in [-0.05, 0) is 44.4 Å². The van der Waals surface area contributed by atoms with Crippen LogP contribution < -0.4 is 10.7 Å². The zero-order chi connectivity index (χ0) is 22.4. The fourth-order valence-corrected chi connectivity index (χ4v) is 3.23. The fraction of sp³-hybridized carbons (Fsp3) is 0.476. The Labute approximate surface area is 177 Å². The predicted octanol–water partition coefficient (Wildman–Crippen LogP) is 2.88. The molecular weight excluding hydrogens is 415 g/mol. The Balaban J connectivity index is 1.62. The van der Waals surface area contributed by atoms with Crippen molar-refractivity contribution in [3.8, 4) is 5.69 Å². The molecule has 1 saturated heterocycles. The molecule has 168 valence electrons. The topological polar surface area (TPSA) is 82.5 Å². The zero-order valence-corrected chi connectivity index (χ0v) is 17.1. The molecule has 1 atom stereocenters. The molecule has 3 rings (SSSR count). The van der Waals surface area contributed by atoms with Crippen molar-refractivity contribution < 1.29 is 27.4 Å². The number of rotatable bonds is 8. The van der Waals surface area contributed by atoms with Crippen LogP contribution in [0, 0.1) is 6.92 Å². The highest BCUT2D eigenvalue weighted by Gasteiger charge is 2.30. The molecule has 10 heteroatoms. The van der Waals surface area contributed by atoms with Crippen LogP contribution in [0.3, 0.4) is 0 Å². The Bertz CT molecular complexity index is 969. The molecule has 0 aliphatic carbocycles. The molecule has 0 radical (unpaired) electrons. The molecule has 2 aromatic rings. The van der Waals surface area contributed by atoms with Gasteiger partial charge in [0.05, 0.1) is 24.0 Å². The lowest BCUT2D eigenvalue weighted by molar-refractivity contribution is -0.137. The number of hydrogen-bond donors (Lipinski definition) is 1. The third-order valence-electron chi connectivity index (χ3n) is 4.82. The van der Waals surface area contributed by atoms with Gasteiger partial charge in [-0.25, -0.2) is 4.68 Å². The third-order valence-corrected chi connectivity index (χ3v) is 4.82. The lowest BCUT2D eigenvalue weighted by Gasteiger charge is -2.14. The van der Waals surface area contributed by atoms with E-state index < -0.39 is 23.1 Å². The van der Waals surface area contributed by atoms with Gasteiger partial charge in [0.15, 0.2) is 5.69 Å². The third kappa shape index (κ3) is 6.14. The van der Waals surface area contributed by atoms with Gasteiger partial charge in [0.2, 0.25) is 5.43 Å². The van der Waals surface area contributed by atoms with E-state index >= 15 is 0 Å². The first-order chi connectivity index (χ1) is 14.8. The molecule has 31 heavy (non-hydrogen) atoms. The van der Waals surface area contributed by atoms with Gasteiger partial charge < -0.3 is 14.8 Å². The molecule has 1 aliphatic rings. The van der Waals surface area contributed by atoms with Gasteiger partial charge in [-0.1, -0.05) is 6.07 Å². The van der Waals surface area contributed by atoms with Crippen molar-refractivity contribution in [2.75, 3.05) is 26.4 Å². The van der Waals surface area contributed by atoms with Gasteiger partial charge in [0.1, 0.15) is 0 Å². The Morgan fingerprint density at radius 2 is 2.16 bits per heavy atom. The van der Waals surface area contributed by atoms with Crippen LogP contribution in [0.5, 0.6) is 0 Å². The summed E-state index contributed by atoms with van der Waals surface area (Å²) in [6.45, 7) is 3.49. The van der Waals surface area contributed by atoms with Gasteiger partial charge >= 0.3 is 6.18 Å². The van der Waals surface area contributed by atoms with E-state index in [-0.39, 0.29) is 24.0 Å². The molecule has 1 aliphatic heterocycles. The molecule has 0 bridgehead atoms. The van der Waals surface area contributed by atoms with Gasteiger partial charge in [0.25, 0.3) is 5.91 Å². The quantitative estimate of drug-likeness (QED) is 0.640. The molecule has 7 nitrogen and oxygen atoms in total. The van der Waals surface area contributed by atoms with E-state index in [2.05, 4.69) is 10.4 Å². The Morgan fingerprint density at radius 3 is 2.87 bits per heavy atom. The van der Waals surface area contributed by atoms with Crippen molar-refractivity contribution in [2.24, 2.45) is 0 Å². The average molecular weight is 439 g/mol. The molecule has 1 N–H and O–H groups in total. The highest BCUT2D eigenvalue weighted by atomic mass is 19.4. The second-order valence-corrected chi connectivity index (χ2v) is 7.28. The van der Waals surface area contributed by atoms with E-state index in [9.17, 15) is 22.8 Å². The maximum Gasteiger partial charge on any atom is 0.416 e. The number of aryl methyl sites for hydroxylation is 1. The summed E-state index contributed by atoms with van der Waals surface area (Å²) in [4.78, 5) is 24.6. The van der Waals surface area contributed by atoms with Crippen LogP contribution in [-0.4, -0.2) is 48.2 Å². The second kappa shape index (κ2) is 10.1. The van der Waals surface area contributed by atoms with Gasteiger partial charge in [-0.15, -0.1) is 0 Å². The van der Waals surface area contributed by atoms with Crippen molar-refractivity contribution >= 4 is 5.91 Å². The number of hydrogen-bond acceptors (Lipinski definition) is 5. The summed E-state index contributed by atoms with van der Waals surface area (Å²) in [6.07, 6.45) is -1.85. The van der Waals surface area contributed by atoms with Crippen LogP contribution in [0.15, 0.2) is 35.1 Å². The summed E-state index contributed by atoms with van der Waals surface area (Å²) in [5.41, 5.74) is -1.43. The summed E-state index contributed by atoms with van der Waals surface area (Å²) in [6, 6.07) is 5.70. The lowest BCUT2D eigenvalue weighted by Crippen LogP contribution is -2.33. The standard InChI is InChI=1S/C21H24F3N3O4/c1-14-11-18(28)19(20(29)25-8-4-9-30-13-17-7-3-10-31-17)26-27(14)16-6-2-5-15(12-16)21(22,23)24/h2,5-6,11-12,17H,3-4,7-10,13H2,1H3,(H,25,29). The van der Waals surface area contributed by atoms with Gasteiger partial charge in [-0.3, -0.25) is 9.59 Å². The van der Waals surface area contributed by atoms with Crippen molar-refractivity contribution in [2.45, 2.75) is 38.5 Å². The van der Waals surface area contributed by atoms with Crippen molar-refractivity contribution in [3.05, 3.63) is 57.5 Å². The predicted molar refractivity (Wildman–Crippen MR) is 106 cm³/mol. The minimum absolute atomic E-state index is 0.101. The molecule has 1 fully saturated rings. The van der Waals surface area contributed by atoms with Crippen LogP contribution >= 0.6 is 0 Å². The number of ether oxygens (including phenoxy) is 2. The van der Waals surface area contributed by atoms with Gasteiger partial charge in [-0.2, -0.15) is 18.3 Å². The molecule has 2 heterocycles. The molecule has 1 aromatic carbocycles. The van der Waals surface area contributed by atoms with E-state index in [1.54, 1.807) is 0 Å². The zero-order valence-electron chi connectivity index (χ0n) is 17.1. The van der Waals surface area contributed by atoms with Crippen molar-refractivity contribution in [1.82, 2.24) is 15.1 Å². The Morgan fingerprint density at radius 1 is 1.35 bits per heavy atom. The number of nitrogens with one attached hydrogen (secondary N) is 1. The maximum absolute atomic E-state index is 13.0. The number of nitrogens with zero attached hydrogens (tertiary/aromatic N) is 2. The summed E-state index contributed by atoms with van der Waals surface area (Å²) < 4.78 is 51.1. The highest BCUT2D eigenvalue weighted by Crippen LogP contribution is 2.30. The smallest absolute Gasteiger partial charge is 0.379 e. The summed E-state index contributed by atoms with van der Waals surface area (Å²) in [5.74, 6) is -0.690. The van der Waals surface area contributed by atoms with Gasteiger partial charge in [0, 0.05) is 31.5 Å². The Hall–Kier alpha value is -2.72. The number of alkyl halides is 3. The molecule has 1 amide bonds. The fourth-order valence-electron chi connectivity index (χ4n) is 3.23. The summed E-state index contributed by atoms with van der Waals surface area (Å²) in [7, 11) is 0. The van der Waals surface area contributed by atoms with E-state index in [1.807, 2.05) is 0 Å². The van der Waals surface area contributed by atoms with Crippen LogP contribution in [-0.2, 0) is 15.7 Å². The normalized spacial score (nSPS) is 16.5. The summed E-state index contributed by atoms with van der Waals surface area (Å²) in [5, 5.41) is 6.61. The van der Waals surface area contributed by atoms with E-state index in [4.69, 9.17) is 9.47 Å². The SMILES string of the molecule is Cc1cc(=O)c(C(=O)NCCCOCC2CCCO2)nn1-c1cccc(C(F)(F)F)c1. The minimum Gasteiger partial charge on any atom is -0.379 e. The van der Waals surface area contributed by atoms with Crippen molar-refractivity contribution in [1.29, 1.82) is 0 Å². The van der Waals surface area contributed by atoms with Crippen LogP contribution in [0.4, 0.5) is 13.2 Å². The molecule has 1 unspecified atom stereocenters. The van der Waals surface area contributed by atoms with Crippen LogP contribution in [0.25, 0.3) is 5.69 Å². The first-order valence-electron chi connectivity index (χ1n) is 10.0. The Kier molecular flexibility index (Phi) is 7.45. The van der Waals surface area contributed by atoms with Crippen molar-refractivity contribution in [3.63, 3.8) is 0 Å². The average Bonchev–Trinajstić information content (AvgIpc) is 3.23. The number of aromatic nitrogens is 2. The first-order valence-corrected chi connectivity index (χ1v) is 10.0. The number of carbonyl (C=O) groups is 1. The van der Waals surface area contributed by atoms with E-state index in [0.29, 0.717) is 25.3 Å². The van der Waals surface area contributed by atoms with E-state index in [0.717, 1.165) is 36.3 Å². The highest BCUT2D eigenvalue weighted by molar-refractivity contribution is 5.92. The first kappa shape index (κ1) is 23.0. The molecule has 0 spiro atoms. The largest absolute Gasteiger partial charge is 0.416 e.